The Hall–Kier alpha value is -5.06. The standard InChI is InChI=1S/C36H18N6S7/c37-15-19(16-38)25-9-11-29(47-25)27-5-1-21(43-27)13-23-3-7-31(45-23)35-33(41)34(42)36(49-35)32-8-4-24(46-32)14-22-2-6-28(44-22)30-12-10-26(48-30)20(17-39)18-40/h1-14H,41-42H2/b21-13-,22-14-,29-27+,30-28+. The van der Waals surface area contributed by atoms with E-state index in [0.29, 0.717) is 20.4 Å². The highest BCUT2D eigenvalue weighted by atomic mass is 32.1. The van der Waals surface area contributed by atoms with Crippen LogP contribution in [0.4, 0.5) is 11.4 Å². The average Bonchev–Trinajstić information content (AvgIpc) is 3.95. The molecular formula is C36H18N6S7. The molecule has 0 saturated heterocycles. The number of anilines is 2. The van der Waals surface area contributed by atoms with Gasteiger partial charge in [0.25, 0.3) is 0 Å². The highest BCUT2D eigenvalue weighted by molar-refractivity contribution is 7.28. The molecule has 6 nitrogen and oxygen atoms in total. The Morgan fingerprint density at radius 1 is 0.449 bits per heavy atom. The van der Waals surface area contributed by atoms with Crippen LogP contribution in [0.3, 0.4) is 0 Å². The van der Waals surface area contributed by atoms with E-state index in [1.54, 1.807) is 56.7 Å². The van der Waals surface area contributed by atoms with E-state index in [0.717, 1.165) is 56.5 Å². The Kier molecular flexibility index (Phi) is 9.16. The van der Waals surface area contributed by atoms with Crippen molar-refractivity contribution in [3.8, 4) is 43.8 Å². The van der Waals surface area contributed by atoms with E-state index in [1.807, 2.05) is 48.5 Å². The first kappa shape index (κ1) is 32.5. The number of rotatable bonds is 4. The lowest BCUT2D eigenvalue weighted by atomic mass is 10.2. The lowest BCUT2D eigenvalue weighted by Gasteiger charge is -1.96. The summed E-state index contributed by atoms with van der Waals surface area (Å²) >= 11 is 11.2. The summed E-state index contributed by atoms with van der Waals surface area (Å²) in [5.41, 5.74) is 14.6. The summed E-state index contributed by atoms with van der Waals surface area (Å²) in [4.78, 5) is 6.24. The molecule has 49 heavy (non-hydrogen) atoms. The molecule has 0 aromatic carbocycles. The van der Waals surface area contributed by atoms with Crippen LogP contribution in [0.2, 0.25) is 0 Å². The van der Waals surface area contributed by atoms with Gasteiger partial charge in [0.1, 0.15) is 35.4 Å². The van der Waals surface area contributed by atoms with Gasteiger partial charge in [0.15, 0.2) is 0 Å². The third-order valence-corrected chi connectivity index (χ3v) is 15.5. The molecule has 7 heterocycles. The topological polar surface area (TPSA) is 147 Å². The van der Waals surface area contributed by atoms with Gasteiger partial charge < -0.3 is 11.5 Å². The van der Waals surface area contributed by atoms with E-state index >= 15 is 0 Å². The summed E-state index contributed by atoms with van der Waals surface area (Å²) in [6.45, 7) is 0. The van der Waals surface area contributed by atoms with Gasteiger partial charge in [-0.3, -0.25) is 0 Å². The minimum Gasteiger partial charge on any atom is -0.396 e. The van der Waals surface area contributed by atoms with Crippen molar-refractivity contribution in [1.29, 1.82) is 21.0 Å². The molecule has 0 amide bonds. The normalized spacial score (nSPS) is 13.1. The van der Waals surface area contributed by atoms with E-state index < -0.39 is 0 Å². The van der Waals surface area contributed by atoms with Crippen molar-refractivity contribution in [3.63, 3.8) is 0 Å². The molecule has 7 aromatic heterocycles. The molecule has 234 valence electrons. The molecule has 0 saturated carbocycles. The second-order valence-corrected chi connectivity index (χ2v) is 17.9. The minimum absolute atomic E-state index is 0.132. The number of nitrogen functional groups attached to an aromatic ring is 2. The molecule has 4 N–H and O–H groups in total. The van der Waals surface area contributed by atoms with Gasteiger partial charge in [-0.05, 0) is 84.9 Å². The van der Waals surface area contributed by atoms with Crippen LogP contribution in [0.5, 0.6) is 0 Å². The molecule has 0 atom stereocenters. The maximum absolute atomic E-state index is 9.18. The molecule has 0 unspecified atom stereocenters. The SMILES string of the molecule is N#CC(C#N)=c1cc/c(=c2/cc/c(=C/c3ccc(-c4sc(-c5ccc(/C=c6/cc/c(=c7/ccc(=C(C#N)C#N)s7)s6)s5)c(N)c4N)s3)s2)s1. The van der Waals surface area contributed by atoms with Crippen molar-refractivity contribution >= 4 is 114 Å². The molecule has 0 fully saturated rings. The summed E-state index contributed by atoms with van der Waals surface area (Å²) in [6.07, 6.45) is 4.30. The van der Waals surface area contributed by atoms with Crippen molar-refractivity contribution in [3.05, 3.63) is 119 Å². The van der Waals surface area contributed by atoms with Crippen LogP contribution < -0.4 is 29.6 Å². The third kappa shape index (κ3) is 6.54. The second kappa shape index (κ2) is 13.8. The van der Waals surface area contributed by atoms with E-state index in [4.69, 9.17) is 11.5 Å². The van der Waals surface area contributed by atoms with Crippen molar-refractivity contribution < 1.29 is 0 Å². The van der Waals surface area contributed by atoms with Crippen molar-refractivity contribution in [1.82, 2.24) is 0 Å². The Balaban J connectivity index is 1.16. The Bertz CT molecular complexity index is 2800. The first-order chi connectivity index (χ1) is 23.9. The number of hydrogen-bond donors (Lipinski definition) is 2. The lowest BCUT2D eigenvalue weighted by molar-refractivity contribution is 1.51. The summed E-state index contributed by atoms with van der Waals surface area (Å²) in [7, 11) is 0. The number of thiophene rings is 7. The van der Waals surface area contributed by atoms with Gasteiger partial charge in [0, 0.05) is 46.7 Å². The van der Waals surface area contributed by atoms with Crippen molar-refractivity contribution in [2.24, 2.45) is 0 Å². The maximum atomic E-state index is 9.18. The highest BCUT2D eigenvalue weighted by Crippen LogP contribution is 2.49. The summed E-state index contributed by atoms with van der Waals surface area (Å²) in [5.74, 6) is 0. The Morgan fingerprint density at radius 3 is 1.24 bits per heavy atom. The van der Waals surface area contributed by atoms with Crippen LogP contribution in [-0.4, -0.2) is 0 Å². The zero-order valence-electron chi connectivity index (χ0n) is 24.9. The predicted octanol–water partition coefficient (Wildman–Crippen LogP) is 7.24. The third-order valence-electron chi connectivity index (χ3n) is 7.15. The van der Waals surface area contributed by atoms with Gasteiger partial charge in [-0.25, -0.2) is 0 Å². The van der Waals surface area contributed by atoms with Crippen LogP contribution in [0.1, 0.15) is 9.75 Å². The van der Waals surface area contributed by atoms with Crippen LogP contribution in [0, 0.1) is 63.5 Å². The predicted molar refractivity (Wildman–Crippen MR) is 207 cm³/mol. The number of nitrogens with zero attached hydrogens (tertiary/aromatic N) is 4. The minimum atomic E-state index is 0.132. The van der Waals surface area contributed by atoms with Gasteiger partial charge in [-0.2, -0.15) is 21.0 Å². The largest absolute Gasteiger partial charge is 0.396 e. The molecular weight excluding hydrogens is 741 g/mol. The van der Waals surface area contributed by atoms with Crippen LogP contribution in [-0.2, 0) is 0 Å². The zero-order valence-corrected chi connectivity index (χ0v) is 30.6. The quantitative estimate of drug-likeness (QED) is 0.194. The van der Waals surface area contributed by atoms with Gasteiger partial charge in [0.05, 0.1) is 30.2 Å². The molecule has 0 spiro atoms. The number of nitrogens with two attached hydrogens (primary N) is 2. The van der Waals surface area contributed by atoms with Crippen LogP contribution >= 0.6 is 79.4 Å². The monoisotopic (exact) mass is 758 g/mol. The second-order valence-electron chi connectivity index (χ2n) is 10.2. The number of hydrogen-bond acceptors (Lipinski definition) is 13. The fraction of sp³-hybridized carbons (Fsp3) is 0. The molecule has 0 bridgehead atoms. The fourth-order valence-corrected chi connectivity index (χ4v) is 12.3. The smallest absolute Gasteiger partial charge is 0.146 e. The molecule has 0 aliphatic heterocycles. The fourth-order valence-electron chi connectivity index (χ4n) is 4.81. The highest BCUT2D eigenvalue weighted by Gasteiger charge is 2.18. The van der Waals surface area contributed by atoms with Gasteiger partial charge in [0.2, 0.25) is 0 Å². The van der Waals surface area contributed by atoms with Gasteiger partial charge >= 0.3 is 0 Å². The van der Waals surface area contributed by atoms with Crippen LogP contribution in [0.25, 0.3) is 42.8 Å². The maximum Gasteiger partial charge on any atom is 0.146 e. The van der Waals surface area contributed by atoms with Gasteiger partial charge in [-0.1, -0.05) is 0 Å². The van der Waals surface area contributed by atoms with E-state index in [2.05, 4.69) is 60.7 Å². The lowest BCUT2D eigenvalue weighted by Crippen LogP contribution is -1.93. The Morgan fingerprint density at radius 2 is 0.837 bits per heavy atom. The van der Waals surface area contributed by atoms with E-state index in [9.17, 15) is 21.0 Å². The van der Waals surface area contributed by atoms with Crippen molar-refractivity contribution in [2.75, 3.05) is 11.5 Å². The first-order valence-corrected chi connectivity index (χ1v) is 19.9. The molecule has 7 rings (SSSR count). The van der Waals surface area contributed by atoms with E-state index in [-0.39, 0.29) is 11.1 Å². The summed E-state index contributed by atoms with van der Waals surface area (Å²) < 4.78 is 7.80. The molecule has 7 aromatic rings. The molecule has 0 aliphatic rings. The Labute approximate surface area is 306 Å². The van der Waals surface area contributed by atoms with Crippen LogP contribution in [0.15, 0.2) is 72.8 Å². The molecule has 0 aliphatic carbocycles. The molecule has 13 heteroatoms. The first-order valence-electron chi connectivity index (χ1n) is 14.2. The summed E-state index contributed by atoms with van der Waals surface area (Å²) in [5, 5.41) is 36.7. The van der Waals surface area contributed by atoms with Gasteiger partial charge in [-0.15, -0.1) is 79.4 Å². The number of nitriles is 4. The summed E-state index contributed by atoms with van der Waals surface area (Å²) in [6, 6.07) is 32.0. The van der Waals surface area contributed by atoms with E-state index in [1.165, 1.54) is 22.7 Å². The zero-order chi connectivity index (χ0) is 34.1. The van der Waals surface area contributed by atoms with Crippen molar-refractivity contribution in [2.45, 2.75) is 0 Å². The molecule has 0 radical (unpaired) electrons. The average molecular weight is 759 g/mol.